The number of hydrogen-bond acceptors (Lipinski definition) is 3. The quantitative estimate of drug-likeness (QED) is 0.735. The van der Waals surface area contributed by atoms with Gasteiger partial charge >= 0.3 is 0 Å². The summed E-state index contributed by atoms with van der Waals surface area (Å²) in [5.74, 6) is 1.13. The van der Waals surface area contributed by atoms with E-state index < -0.39 is 0 Å². The maximum atomic E-state index is 12.0. The zero-order chi connectivity index (χ0) is 15.7. The van der Waals surface area contributed by atoms with Gasteiger partial charge in [0.2, 0.25) is 0 Å². The van der Waals surface area contributed by atoms with Crippen molar-refractivity contribution in [2.45, 2.75) is 25.8 Å². The lowest BCUT2D eigenvalue weighted by atomic mass is 10.2. The third kappa shape index (κ3) is 3.46. The number of nitrogens with one attached hydrogen (secondary N) is 1. The average molecular weight is 431 g/mol. The minimum Gasteiger partial charge on any atom is -0.480 e. The van der Waals surface area contributed by atoms with Gasteiger partial charge in [0.15, 0.2) is 12.4 Å². The first-order chi connectivity index (χ1) is 10.6. The highest BCUT2D eigenvalue weighted by molar-refractivity contribution is 14.1. The number of rotatable bonds is 5. The first-order valence-corrected chi connectivity index (χ1v) is 8.67. The molecular formula is C16H16ClIN2O2. The van der Waals surface area contributed by atoms with E-state index in [0.717, 1.165) is 8.96 Å². The van der Waals surface area contributed by atoms with Crippen LogP contribution in [0.3, 0.4) is 0 Å². The molecule has 0 saturated heterocycles. The molecule has 1 fully saturated rings. The molecule has 6 heteroatoms. The maximum Gasteiger partial charge on any atom is 0.258 e. The number of amides is 1. The molecule has 0 unspecified atom stereocenters. The van der Waals surface area contributed by atoms with Crippen LogP contribution in [0, 0.1) is 9.49 Å². The summed E-state index contributed by atoms with van der Waals surface area (Å²) < 4.78 is 6.57. The van der Waals surface area contributed by atoms with Crippen LogP contribution in [-0.2, 0) is 4.79 Å². The van der Waals surface area contributed by atoms with Crippen molar-refractivity contribution in [2.75, 3.05) is 6.61 Å². The first-order valence-electron chi connectivity index (χ1n) is 7.21. The van der Waals surface area contributed by atoms with E-state index in [4.69, 9.17) is 16.3 Å². The molecule has 1 heterocycles. The second-order valence-corrected chi connectivity index (χ2v) is 7.12. The summed E-state index contributed by atoms with van der Waals surface area (Å²) in [5, 5.41) is 4.43. The molecule has 116 valence electrons. The molecule has 1 saturated carbocycles. The lowest BCUT2D eigenvalue weighted by molar-refractivity contribution is -0.123. The number of fused-ring (bicyclic) bond motifs is 1. The molecule has 22 heavy (non-hydrogen) atoms. The van der Waals surface area contributed by atoms with Crippen LogP contribution < -0.4 is 10.1 Å². The topological polar surface area (TPSA) is 51.2 Å². The largest absolute Gasteiger partial charge is 0.480 e. The Hall–Kier alpha value is -1.08. The van der Waals surface area contributed by atoms with Crippen LogP contribution in [0.5, 0.6) is 5.75 Å². The van der Waals surface area contributed by atoms with Crippen LogP contribution in [0.15, 0.2) is 24.4 Å². The van der Waals surface area contributed by atoms with E-state index in [2.05, 4.69) is 32.9 Å². The fourth-order valence-corrected chi connectivity index (χ4v) is 3.60. The molecule has 1 amide bonds. The maximum absolute atomic E-state index is 12.0. The van der Waals surface area contributed by atoms with E-state index in [9.17, 15) is 4.79 Å². The summed E-state index contributed by atoms with van der Waals surface area (Å²) >= 11 is 8.37. The van der Waals surface area contributed by atoms with Crippen molar-refractivity contribution in [3.05, 3.63) is 33.0 Å². The zero-order valence-electron chi connectivity index (χ0n) is 12.1. The van der Waals surface area contributed by atoms with Crippen molar-refractivity contribution >= 4 is 51.0 Å². The molecule has 4 nitrogen and oxygen atoms in total. The average Bonchev–Trinajstić information content (AvgIpc) is 3.31. The SMILES string of the molecule is C[C@H](NC(=O)COc1c(I)cc(Cl)c2cccnc12)C1CC1. The van der Waals surface area contributed by atoms with Gasteiger partial charge in [-0.05, 0) is 66.5 Å². The van der Waals surface area contributed by atoms with Gasteiger partial charge in [-0.15, -0.1) is 0 Å². The summed E-state index contributed by atoms with van der Waals surface area (Å²) in [4.78, 5) is 16.3. The number of nitrogens with zero attached hydrogens (tertiary/aromatic N) is 1. The van der Waals surface area contributed by atoms with Gasteiger partial charge in [0.25, 0.3) is 5.91 Å². The van der Waals surface area contributed by atoms with Crippen molar-refractivity contribution in [2.24, 2.45) is 5.92 Å². The van der Waals surface area contributed by atoms with Crippen LogP contribution in [0.2, 0.25) is 5.02 Å². The molecule has 0 bridgehead atoms. The third-order valence-electron chi connectivity index (χ3n) is 3.82. The van der Waals surface area contributed by atoms with Crippen molar-refractivity contribution in [3.63, 3.8) is 0 Å². The first kappa shape index (κ1) is 15.8. The smallest absolute Gasteiger partial charge is 0.258 e. The monoisotopic (exact) mass is 430 g/mol. The number of pyridine rings is 1. The van der Waals surface area contributed by atoms with Gasteiger partial charge in [0, 0.05) is 17.6 Å². The Labute approximate surface area is 147 Å². The fourth-order valence-electron chi connectivity index (χ4n) is 2.43. The van der Waals surface area contributed by atoms with Gasteiger partial charge in [0.05, 0.1) is 8.59 Å². The minimum absolute atomic E-state index is 0.0135. The van der Waals surface area contributed by atoms with E-state index in [1.54, 1.807) is 6.20 Å². The lowest BCUT2D eigenvalue weighted by Crippen LogP contribution is -2.37. The van der Waals surface area contributed by atoms with E-state index in [-0.39, 0.29) is 18.6 Å². The molecule has 0 spiro atoms. The number of aromatic nitrogens is 1. The van der Waals surface area contributed by atoms with Crippen molar-refractivity contribution in [1.82, 2.24) is 10.3 Å². The van der Waals surface area contributed by atoms with Gasteiger partial charge in [0.1, 0.15) is 5.52 Å². The summed E-state index contributed by atoms with van der Waals surface area (Å²) in [6.07, 6.45) is 4.09. The molecule has 1 aliphatic rings. The molecule has 1 N–H and O–H groups in total. The highest BCUT2D eigenvalue weighted by Crippen LogP contribution is 2.35. The fraction of sp³-hybridized carbons (Fsp3) is 0.375. The van der Waals surface area contributed by atoms with Gasteiger partial charge in [-0.25, -0.2) is 0 Å². The normalized spacial score (nSPS) is 15.6. The van der Waals surface area contributed by atoms with Crippen LogP contribution in [0.4, 0.5) is 0 Å². The molecule has 3 rings (SSSR count). The predicted molar refractivity (Wildman–Crippen MR) is 95.3 cm³/mol. The van der Waals surface area contributed by atoms with E-state index >= 15 is 0 Å². The Morgan fingerprint density at radius 1 is 1.59 bits per heavy atom. The second-order valence-electron chi connectivity index (χ2n) is 5.55. The summed E-state index contributed by atoms with van der Waals surface area (Å²) in [6, 6.07) is 5.76. The Kier molecular flexibility index (Phi) is 4.73. The van der Waals surface area contributed by atoms with Crippen molar-refractivity contribution in [3.8, 4) is 5.75 Å². The summed E-state index contributed by atoms with van der Waals surface area (Å²) in [7, 11) is 0. The number of carbonyl (C=O) groups excluding carboxylic acids is 1. The van der Waals surface area contributed by atoms with Crippen molar-refractivity contribution < 1.29 is 9.53 Å². The Morgan fingerprint density at radius 2 is 2.36 bits per heavy atom. The number of halogens is 2. The summed E-state index contributed by atoms with van der Waals surface area (Å²) in [6.45, 7) is 2.03. The van der Waals surface area contributed by atoms with Crippen LogP contribution >= 0.6 is 34.2 Å². The van der Waals surface area contributed by atoms with Crippen molar-refractivity contribution in [1.29, 1.82) is 0 Å². The number of benzene rings is 1. The van der Waals surface area contributed by atoms with Gasteiger partial charge in [-0.3, -0.25) is 9.78 Å². The number of ether oxygens (including phenoxy) is 1. The van der Waals surface area contributed by atoms with Gasteiger partial charge < -0.3 is 10.1 Å². The molecule has 1 aliphatic carbocycles. The molecule has 0 radical (unpaired) electrons. The lowest BCUT2D eigenvalue weighted by Gasteiger charge is -2.15. The molecular weight excluding hydrogens is 415 g/mol. The molecule has 1 aromatic carbocycles. The Morgan fingerprint density at radius 3 is 3.09 bits per heavy atom. The minimum atomic E-state index is -0.103. The third-order valence-corrected chi connectivity index (χ3v) is 4.93. The highest BCUT2D eigenvalue weighted by Gasteiger charge is 2.29. The standard InChI is InChI=1S/C16H16ClIN2O2/c1-9(10-4-5-10)20-14(21)8-22-16-13(18)7-12(17)11-3-2-6-19-15(11)16/h2-3,6-7,9-10H,4-5,8H2,1H3,(H,20,21)/t9-/m0/s1. The Bertz CT molecular complexity index is 719. The second kappa shape index (κ2) is 6.58. The Balaban J connectivity index is 1.74. The predicted octanol–water partition coefficient (Wildman–Crippen LogP) is 3.79. The number of carbonyl (C=O) groups is 1. The van der Waals surface area contributed by atoms with Gasteiger partial charge in [-0.2, -0.15) is 0 Å². The highest BCUT2D eigenvalue weighted by atomic mass is 127. The molecule has 1 aromatic heterocycles. The molecule has 0 aliphatic heterocycles. The van der Waals surface area contributed by atoms with E-state index in [1.807, 2.05) is 25.1 Å². The number of hydrogen-bond donors (Lipinski definition) is 1. The van der Waals surface area contributed by atoms with E-state index in [0.29, 0.717) is 22.2 Å². The molecule has 1 atom stereocenters. The molecule has 2 aromatic rings. The summed E-state index contributed by atoms with van der Waals surface area (Å²) in [5.41, 5.74) is 0.683. The zero-order valence-corrected chi connectivity index (χ0v) is 15.0. The van der Waals surface area contributed by atoms with Crippen LogP contribution in [0.25, 0.3) is 10.9 Å². The van der Waals surface area contributed by atoms with Gasteiger partial charge in [-0.1, -0.05) is 11.6 Å². The van der Waals surface area contributed by atoms with Crippen LogP contribution in [0.1, 0.15) is 19.8 Å². The van der Waals surface area contributed by atoms with Crippen LogP contribution in [-0.4, -0.2) is 23.5 Å². The van der Waals surface area contributed by atoms with E-state index in [1.165, 1.54) is 12.8 Å².